The fraction of sp³-hybridized carbons (Fsp3) is 0.171. The third kappa shape index (κ3) is 12.1. The van der Waals surface area contributed by atoms with Crippen molar-refractivity contribution in [2.75, 3.05) is 14.7 Å². The summed E-state index contributed by atoms with van der Waals surface area (Å²) in [5, 5.41) is 7.79. The highest BCUT2D eigenvalue weighted by Gasteiger charge is 2.48. The number of nitrogens with zero attached hydrogens (tertiary/aromatic N) is 6. The molecule has 2 unspecified atom stereocenters. The SMILES string of the molecule is CC(C)c1cc(C(C)C)c(B2c3ccccc3N3c4ccccc4B(c4c(C(C)C)cc(C(C)C)cc4C(C)C)c4cc(C5C=Cc6c(c(=O)c7cccc8c(=O)c9ccccc9n6c78)C5)cc2c43)c(C(C)C)c1.O=c1c2ccccc2n2c3ccc(-c4ccc5c(c4)P4c6ccccc6N(c6ccccc6)c6cccc(c64)N5c4ccccc4)cc3c(=O)c3cncc1c32. The van der Waals surface area contributed by atoms with Crippen molar-refractivity contribution < 1.29 is 0 Å². The molecule has 130 heavy (non-hydrogen) atoms. The number of rotatable bonds is 12. The topological polar surface area (TPSA) is 99.7 Å². The average Bonchev–Trinajstić information content (AvgIpc) is 0.688. The molecule has 0 bridgehead atoms. The van der Waals surface area contributed by atoms with Crippen LogP contribution >= 0.6 is 7.92 Å². The van der Waals surface area contributed by atoms with Gasteiger partial charge in [0.2, 0.25) is 13.4 Å². The second kappa shape index (κ2) is 30.9. The molecule has 9 heterocycles. The highest BCUT2D eigenvalue weighted by atomic mass is 31.1. The number of anilines is 9. The van der Waals surface area contributed by atoms with E-state index in [1.165, 1.54) is 122 Å². The second-order valence-corrected chi connectivity index (χ2v) is 40.2. The van der Waals surface area contributed by atoms with E-state index in [0.29, 0.717) is 90.7 Å². The van der Waals surface area contributed by atoms with Gasteiger partial charge in [0.1, 0.15) is 0 Å². The van der Waals surface area contributed by atoms with Crippen LogP contribution < -0.4 is 85.1 Å². The fourth-order valence-electron chi connectivity index (χ4n) is 22.5. The molecule has 10 nitrogen and oxygen atoms in total. The zero-order valence-corrected chi connectivity index (χ0v) is 76.1. The Kier molecular flexibility index (Phi) is 19.1. The first-order valence-electron chi connectivity index (χ1n) is 46.2. The molecule has 14 aromatic carbocycles. The van der Waals surface area contributed by atoms with Crippen molar-refractivity contribution >= 4 is 193 Å². The van der Waals surface area contributed by atoms with Gasteiger partial charge in [-0.25, -0.2) is 0 Å². The quantitative estimate of drug-likeness (QED) is 0.0516. The number of pyridine rings is 5. The number of fused-ring (bicyclic) bond motifs is 16. The van der Waals surface area contributed by atoms with Crippen LogP contribution in [0.15, 0.2) is 329 Å². The van der Waals surface area contributed by atoms with Crippen molar-refractivity contribution in [2.45, 2.75) is 131 Å². The van der Waals surface area contributed by atoms with Crippen molar-refractivity contribution in [3.8, 4) is 11.1 Å². The van der Waals surface area contributed by atoms with E-state index in [1.807, 2.05) is 78.9 Å². The molecule has 24 rings (SSSR count). The standard InChI is InChI=1S/C68H68B2N2O2.C49H29N4O2P/c1-37(2)44-31-50(39(5)6)63(51(32-44)40(7)8)69-55-23-14-17-26-61(55)72-62-27-18-15-24-56(62)70(64-52(41(9)10)33-45(38(3)4)34-53(64)42(11)12)58-36-46(35-57(69)66(58)72)43-28-29-60-54(30-43)68(74)49-22-19-21-48-65(49)71(60)59-25-16-13-20-47(59)67(48)73;54-47-34-16-7-8-17-38(34)53-39-24-22-30(26-35(39)48(55)37-29-50-28-36(47)46(37)53)31-23-25-41-45(27-31)56-44-21-10-9-18-40(44)51(32-12-3-1-4-13-32)42-19-11-20-43(49(42)56)52(41)33-14-5-2-6-15-33/h13-29,31-43H,30H2,1-12H3;1-29H. The number of allylic oxidation sites excluding steroid dienone is 1. The fourth-order valence-corrected chi connectivity index (χ4v) is 25.4. The largest absolute Gasteiger partial charge is 0.313 e. The summed E-state index contributed by atoms with van der Waals surface area (Å²) in [7, 11) is -0.983. The Morgan fingerprint density at radius 2 is 0.762 bits per heavy atom. The van der Waals surface area contributed by atoms with Crippen molar-refractivity contribution in [3.63, 3.8) is 0 Å². The maximum atomic E-state index is 15.2. The lowest BCUT2D eigenvalue weighted by atomic mass is 9.28. The molecule has 2 atom stereocenters. The summed E-state index contributed by atoms with van der Waals surface area (Å²) in [5.41, 5.74) is 35.6. The van der Waals surface area contributed by atoms with E-state index in [9.17, 15) is 14.4 Å². The first-order valence-corrected chi connectivity index (χ1v) is 47.6. The van der Waals surface area contributed by atoms with Gasteiger partial charge in [-0.05, 0) is 243 Å². The summed E-state index contributed by atoms with van der Waals surface area (Å²) in [6.45, 7) is 28.2. The van der Waals surface area contributed by atoms with Crippen LogP contribution in [0.25, 0.3) is 82.5 Å². The van der Waals surface area contributed by atoms with Crippen LogP contribution in [-0.4, -0.2) is 27.2 Å². The first kappa shape index (κ1) is 80.5. The molecule has 19 aromatic rings. The van der Waals surface area contributed by atoms with Gasteiger partial charge in [-0.2, -0.15) is 0 Å². The molecule has 0 saturated heterocycles. The number of benzene rings is 14. The second-order valence-electron chi connectivity index (χ2n) is 38.1. The molecule has 0 spiro atoms. The maximum absolute atomic E-state index is 15.2. The van der Waals surface area contributed by atoms with Gasteiger partial charge in [0.15, 0.2) is 21.7 Å². The monoisotopic (exact) mass is 1700 g/mol. The highest BCUT2D eigenvalue weighted by molar-refractivity contribution is 7.81. The molecular weight excluding hydrogens is 1610 g/mol. The summed E-state index contributed by atoms with van der Waals surface area (Å²) < 4.78 is 4.26. The van der Waals surface area contributed by atoms with E-state index in [0.717, 1.165) is 56.0 Å². The molecule has 5 aromatic heterocycles. The van der Waals surface area contributed by atoms with E-state index in [1.54, 1.807) is 12.4 Å². The van der Waals surface area contributed by atoms with Crippen LogP contribution in [0.5, 0.6) is 0 Å². The molecule has 13 heteroatoms. The first-order chi connectivity index (χ1) is 63.2. The zero-order chi connectivity index (χ0) is 88.8. The van der Waals surface area contributed by atoms with Gasteiger partial charge in [0.05, 0.1) is 66.8 Å². The van der Waals surface area contributed by atoms with Crippen LogP contribution in [0.1, 0.15) is 175 Å². The molecule has 1 aliphatic carbocycles. The Morgan fingerprint density at radius 3 is 1.31 bits per heavy atom. The van der Waals surface area contributed by atoms with E-state index >= 15 is 4.79 Å². The molecule has 4 aliphatic heterocycles. The van der Waals surface area contributed by atoms with Gasteiger partial charge in [-0.15, -0.1) is 0 Å². The van der Waals surface area contributed by atoms with Gasteiger partial charge < -0.3 is 23.5 Å². The van der Waals surface area contributed by atoms with Crippen LogP contribution in [-0.2, 0) is 6.42 Å². The average molecular weight is 1700 g/mol. The van der Waals surface area contributed by atoms with E-state index in [2.05, 4.69) is 336 Å². The summed E-state index contributed by atoms with van der Waals surface area (Å²) in [4.78, 5) is 68.9. The minimum absolute atomic E-state index is 0.0144. The third-order valence-corrected chi connectivity index (χ3v) is 31.2. The van der Waals surface area contributed by atoms with Crippen molar-refractivity contribution in [1.82, 2.24) is 13.8 Å². The zero-order valence-electron chi connectivity index (χ0n) is 75.2. The maximum Gasteiger partial charge on any atom is 0.247 e. The number of hydrogen-bond acceptors (Lipinski definition) is 8. The molecule has 5 aliphatic rings. The molecule has 0 radical (unpaired) electrons. The van der Waals surface area contributed by atoms with Crippen molar-refractivity contribution in [1.29, 1.82) is 0 Å². The van der Waals surface area contributed by atoms with Gasteiger partial charge in [-0.3, -0.25) is 24.2 Å². The van der Waals surface area contributed by atoms with E-state index in [-0.39, 0.29) is 41.1 Å². The summed E-state index contributed by atoms with van der Waals surface area (Å²) in [6.07, 6.45) is 8.27. The minimum atomic E-state index is -0.983. The van der Waals surface area contributed by atoms with Crippen LogP contribution in [0.2, 0.25) is 0 Å². The molecule has 0 amide bonds. The van der Waals surface area contributed by atoms with E-state index in [4.69, 9.17) is 0 Å². The van der Waals surface area contributed by atoms with Crippen molar-refractivity contribution in [3.05, 3.63) is 401 Å². The number of aromatic nitrogens is 3. The van der Waals surface area contributed by atoms with E-state index < -0.39 is 7.92 Å². The highest BCUT2D eigenvalue weighted by Crippen LogP contribution is 2.57. The third-order valence-electron chi connectivity index (χ3n) is 28.6. The predicted molar refractivity (Wildman–Crippen MR) is 552 cm³/mol. The van der Waals surface area contributed by atoms with Crippen LogP contribution in [0, 0.1) is 0 Å². The smallest absolute Gasteiger partial charge is 0.247 e. The Labute approximate surface area is 758 Å². The number of para-hydroxylation sites is 8. The molecule has 0 saturated carbocycles. The lowest BCUT2D eigenvalue weighted by Gasteiger charge is -2.45. The van der Waals surface area contributed by atoms with Gasteiger partial charge in [0, 0.05) is 95.2 Å². The van der Waals surface area contributed by atoms with Crippen molar-refractivity contribution in [2.24, 2.45) is 0 Å². The lowest BCUT2D eigenvalue weighted by molar-refractivity contribution is 0.812. The van der Waals surface area contributed by atoms with Gasteiger partial charge >= 0.3 is 0 Å². The normalized spacial score (nSPS) is 14.7. The Hall–Kier alpha value is -14.1. The van der Waals surface area contributed by atoms with Crippen LogP contribution in [0.3, 0.4) is 0 Å². The van der Waals surface area contributed by atoms with Crippen LogP contribution in [0.4, 0.5) is 51.2 Å². The summed E-state index contributed by atoms with van der Waals surface area (Å²) in [6, 6.07) is 105. The summed E-state index contributed by atoms with van der Waals surface area (Å²) in [5.74, 6) is 1.87. The summed E-state index contributed by atoms with van der Waals surface area (Å²) >= 11 is 0. The van der Waals surface area contributed by atoms with Gasteiger partial charge in [0.25, 0.3) is 0 Å². The minimum Gasteiger partial charge on any atom is -0.313 e. The molecule has 0 N–H and O–H groups in total. The number of hydrogen-bond donors (Lipinski definition) is 0. The molecule has 0 fully saturated rings. The Balaban J connectivity index is 0.000000153. The molecular formula is C117H97B2N6O4P. The van der Waals surface area contributed by atoms with Gasteiger partial charge in [-0.1, -0.05) is 276 Å². The molecule has 630 valence electrons. The lowest BCUT2D eigenvalue weighted by Crippen LogP contribution is -2.66. The predicted octanol–water partition coefficient (Wildman–Crippen LogP) is 22.6. The Morgan fingerprint density at radius 1 is 0.338 bits per heavy atom. The Bertz CT molecular complexity index is 8060.